The second-order valence-corrected chi connectivity index (χ2v) is 7.41. The van der Waals surface area contributed by atoms with Crippen molar-refractivity contribution >= 4 is 11.0 Å². The molecule has 5 nitrogen and oxygen atoms in total. The highest BCUT2D eigenvalue weighted by atomic mass is 15.0. The van der Waals surface area contributed by atoms with Crippen LogP contribution in [0, 0.1) is 13.8 Å². The molecule has 3 aromatic heterocycles. The minimum absolute atomic E-state index is 0.696. The largest absolute Gasteiger partial charge is 0.343 e. The monoisotopic (exact) mass is 380 g/mol. The molecule has 0 amide bonds. The third-order valence-electron chi connectivity index (χ3n) is 5.37. The quantitative estimate of drug-likeness (QED) is 0.449. The van der Waals surface area contributed by atoms with Crippen molar-refractivity contribution in [3.05, 3.63) is 90.3 Å². The zero-order valence-corrected chi connectivity index (χ0v) is 16.5. The highest BCUT2D eigenvalue weighted by Gasteiger charge is 2.11. The van der Waals surface area contributed by atoms with Gasteiger partial charge in [-0.2, -0.15) is 4.57 Å². The van der Waals surface area contributed by atoms with E-state index in [1.54, 1.807) is 6.20 Å². The number of rotatable bonds is 4. The first kappa shape index (κ1) is 17.4. The Balaban J connectivity index is 1.43. The van der Waals surface area contributed by atoms with Crippen LogP contribution in [0.5, 0.6) is 0 Å². The van der Waals surface area contributed by atoms with Gasteiger partial charge in [0.15, 0.2) is 18.2 Å². The number of aromatic amines is 2. The van der Waals surface area contributed by atoms with Crippen LogP contribution >= 0.6 is 0 Å². The van der Waals surface area contributed by atoms with Crippen molar-refractivity contribution in [3.8, 4) is 22.5 Å². The Bertz CT molecular complexity index is 1280. The molecule has 0 aliphatic carbocycles. The van der Waals surface area contributed by atoms with Gasteiger partial charge in [-0.05, 0) is 36.1 Å². The van der Waals surface area contributed by atoms with Crippen LogP contribution < -0.4 is 4.57 Å². The summed E-state index contributed by atoms with van der Waals surface area (Å²) in [4.78, 5) is 15.6. The Morgan fingerprint density at radius 3 is 2.45 bits per heavy atom. The Labute approximate surface area is 169 Å². The average Bonchev–Trinajstić information content (AvgIpc) is 3.40. The van der Waals surface area contributed by atoms with Crippen LogP contribution in [-0.2, 0) is 6.54 Å². The number of aromatic nitrogens is 5. The third kappa shape index (κ3) is 3.43. The van der Waals surface area contributed by atoms with Crippen LogP contribution in [0.3, 0.4) is 0 Å². The van der Waals surface area contributed by atoms with E-state index in [9.17, 15) is 0 Å². The molecule has 3 heterocycles. The SMILES string of the molecule is Cc1ccc(-c2ccc(-c3nc4cc[n+](Cc5ncc[nH]5)cc4[nH]3)cc2)cc1C. The Kier molecular flexibility index (Phi) is 4.21. The summed E-state index contributed by atoms with van der Waals surface area (Å²) in [6.45, 7) is 4.99. The lowest BCUT2D eigenvalue weighted by Crippen LogP contribution is -2.33. The van der Waals surface area contributed by atoms with Gasteiger partial charge in [-0.3, -0.25) is 0 Å². The zero-order chi connectivity index (χ0) is 19.8. The van der Waals surface area contributed by atoms with Gasteiger partial charge in [0, 0.05) is 24.0 Å². The number of fused-ring (bicyclic) bond motifs is 1. The average molecular weight is 380 g/mol. The second kappa shape index (κ2) is 7.02. The minimum atomic E-state index is 0.696. The number of nitrogens with one attached hydrogen (secondary N) is 2. The van der Waals surface area contributed by atoms with Gasteiger partial charge in [0.1, 0.15) is 16.9 Å². The molecule has 5 heteroatoms. The molecule has 5 aromatic rings. The predicted molar refractivity (Wildman–Crippen MR) is 114 cm³/mol. The highest BCUT2D eigenvalue weighted by molar-refractivity contribution is 5.78. The molecule has 0 saturated heterocycles. The highest BCUT2D eigenvalue weighted by Crippen LogP contribution is 2.26. The van der Waals surface area contributed by atoms with Gasteiger partial charge in [-0.1, -0.05) is 42.5 Å². The van der Waals surface area contributed by atoms with Gasteiger partial charge in [0.05, 0.1) is 0 Å². The Hall–Kier alpha value is -3.73. The molecule has 142 valence electrons. The number of pyridine rings is 1. The number of hydrogen-bond donors (Lipinski definition) is 2. The molecule has 0 aliphatic rings. The molecule has 29 heavy (non-hydrogen) atoms. The molecule has 0 bridgehead atoms. The fourth-order valence-corrected chi connectivity index (χ4v) is 3.53. The van der Waals surface area contributed by atoms with Gasteiger partial charge in [-0.15, -0.1) is 0 Å². The molecule has 2 N–H and O–H groups in total. The van der Waals surface area contributed by atoms with Crippen molar-refractivity contribution in [2.75, 3.05) is 0 Å². The fourth-order valence-electron chi connectivity index (χ4n) is 3.53. The molecule has 0 spiro atoms. The van der Waals surface area contributed by atoms with E-state index in [2.05, 4.69) is 82.0 Å². The van der Waals surface area contributed by atoms with Gasteiger partial charge in [0.25, 0.3) is 0 Å². The standard InChI is InChI=1S/C24H21N5/c1-16-3-4-20(13-17(16)2)18-5-7-19(8-6-18)24-27-21-9-12-29(14-22(21)28-24)15-23-25-10-11-26-23/h3-14H,15H2,1-2H3,(H,25,26)/p+1. The van der Waals surface area contributed by atoms with Gasteiger partial charge >= 0.3 is 0 Å². The Morgan fingerprint density at radius 1 is 0.897 bits per heavy atom. The van der Waals surface area contributed by atoms with Crippen molar-refractivity contribution in [1.29, 1.82) is 0 Å². The maximum Gasteiger partial charge on any atom is 0.205 e. The number of imidazole rings is 2. The normalized spacial score (nSPS) is 11.2. The molecule has 0 atom stereocenters. The van der Waals surface area contributed by atoms with Gasteiger partial charge in [-0.25, -0.2) is 9.97 Å². The maximum atomic E-state index is 4.76. The molecular weight excluding hydrogens is 358 g/mol. The molecule has 5 rings (SSSR count). The summed E-state index contributed by atoms with van der Waals surface area (Å²) in [5.74, 6) is 1.80. The van der Waals surface area contributed by atoms with E-state index in [0.29, 0.717) is 6.54 Å². The fraction of sp³-hybridized carbons (Fsp3) is 0.125. The first-order chi connectivity index (χ1) is 14.2. The van der Waals surface area contributed by atoms with Crippen molar-refractivity contribution in [2.45, 2.75) is 20.4 Å². The first-order valence-corrected chi connectivity index (χ1v) is 9.71. The number of nitrogens with zero attached hydrogens (tertiary/aromatic N) is 3. The molecule has 0 radical (unpaired) electrons. The van der Waals surface area contributed by atoms with E-state index in [1.807, 2.05) is 18.5 Å². The minimum Gasteiger partial charge on any atom is -0.343 e. The summed E-state index contributed by atoms with van der Waals surface area (Å²) in [5, 5.41) is 0. The second-order valence-electron chi connectivity index (χ2n) is 7.41. The van der Waals surface area contributed by atoms with Crippen LogP contribution in [0.25, 0.3) is 33.5 Å². The van der Waals surface area contributed by atoms with Crippen LogP contribution in [0.2, 0.25) is 0 Å². The lowest BCUT2D eigenvalue weighted by Gasteiger charge is -2.06. The van der Waals surface area contributed by atoms with Crippen molar-refractivity contribution in [3.63, 3.8) is 0 Å². The van der Waals surface area contributed by atoms with Crippen molar-refractivity contribution in [1.82, 2.24) is 19.9 Å². The predicted octanol–water partition coefficient (Wildman–Crippen LogP) is 4.57. The molecule has 0 unspecified atom stereocenters. The van der Waals surface area contributed by atoms with Crippen LogP contribution in [0.1, 0.15) is 17.0 Å². The summed E-state index contributed by atoms with van der Waals surface area (Å²) < 4.78 is 2.09. The van der Waals surface area contributed by atoms with E-state index < -0.39 is 0 Å². The van der Waals surface area contributed by atoms with Crippen LogP contribution in [0.15, 0.2) is 73.3 Å². The molecular formula is C24H22N5+. The summed E-state index contributed by atoms with van der Waals surface area (Å²) in [6, 6.07) is 17.2. The molecule has 0 aliphatic heterocycles. The molecule has 0 saturated carbocycles. The van der Waals surface area contributed by atoms with Crippen molar-refractivity contribution in [2.24, 2.45) is 0 Å². The Morgan fingerprint density at radius 2 is 1.69 bits per heavy atom. The molecule has 0 fully saturated rings. The van der Waals surface area contributed by atoms with E-state index in [0.717, 1.165) is 28.2 Å². The zero-order valence-electron chi connectivity index (χ0n) is 16.5. The van der Waals surface area contributed by atoms with Gasteiger partial charge in [0.2, 0.25) is 6.54 Å². The topological polar surface area (TPSA) is 61.2 Å². The van der Waals surface area contributed by atoms with E-state index in [-0.39, 0.29) is 0 Å². The maximum absolute atomic E-state index is 4.76. The summed E-state index contributed by atoms with van der Waals surface area (Å²) in [5.41, 5.74) is 8.11. The van der Waals surface area contributed by atoms with E-state index in [1.165, 1.54) is 22.3 Å². The van der Waals surface area contributed by atoms with Gasteiger partial charge < -0.3 is 9.97 Å². The first-order valence-electron chi connectivity index (χ1n) is 9.71. The summed E-state index contributed by atoms with van der Waals surface area (Å²) in [6.07, 6.45) is 7.70. The summed E-state index contributed by atoms with van der Waals surface area (Å²) in [7, 11) is 0. The van der Waals surface area contributed by atoms with Crippen LogP contribution in [-0.4, -0.2) is 19.9 Å². The van der Waals surface area contributed by atoms with E-state index >= 15 is 0 Å². The lowest BCUT2D eigenvalue weighted by molar-refractivity contribution is -0.688. The third-order valence-corrected chi connectivity index (χ3v) is 5.37. The number of aryl methyl sites for hydroxylation is 2. The summed E-state index contributed by atoms with van der Waals surface area (Å²) >= 11 is 0. The molecule has 2 aromatic carbocycles. The smallest absolute Gasteiger partial charge is 0.205 e. The number of benzene rings is 2. The lowest BCUT2D eigenvalue weighted by atomic mass is 9.99. The number of H-pyrrole nitrogens is 2. The van der Waals surface area contributed by atoms with Crippen molar-refractivity contribution < 1.29 is 4.57 Å². The van der Waals surface area contributed by atoms with E-state index in [4.69, 9.17) is 4.98 Å². The van der Waals surface area contributed by atoms with Crippen LogP contribution in [0.4, 0.5) is 0 Å². The number of hydrogen-bond acceptors (Lipinski definition) is 2.